The number of piperidine rings is 1. The second-order valence-corrected chi connectivity index (χ2v) is 9.01. The van der Waals surface area contributed by atoms with Crippen molar-refractivity contribution in [1.29, 1.82) is 0 Å². The number of amides is 2. The molecule has 1 N–H and O–H groups in total. The third-order valence-electron chi connectivity index (χ3n) is 6.85. The highest BCUT2D eigenvalue weighted by molar-refractivity contribution is 5.79. The SMILES string of the molecule is CCC(=O)N1CCc2nc3cc([C@@H]4CCCN(C(=O)Cc5ccccc5)C4)[nH]n3c(=O)c2C1. The smallest absolute Gasteiger partial charge is 0.277 e. The molecule has 1 aromatic carbocycles. The highest BCUT2D eigenvalue weighted by Crippen LogP contribution is 2.27. The monoisotopic (exact) mass is 447 g/mol. The number of aromatic amines is 1. The van der Waals surface area contributed by atoms with Crippen LogP contribution in [0.25, 0.3) is 5.65 Å². The lowest BCUT2D eigenvalue weighted by Gasteiger charge is -2.32. The lowest BCUT2D eigenvalue weighted by molar-refractivity contribution is -0.132. The van der Waals surface area contributed by atoms with Crippen molar-refractivity contribution in [2.24, 2.45) is 0 Å². The van der Waals surface area contributed by atoms with Crippen molar-refractivity contribution < 1.29 is 9.59 Å². The van der Waals surface area contributed by atoms with E-state index in [-0.39, 0.29) is 23.3 Å². The van der Waals surface area contributed by atoms with Crippen LogP contribution >= 0.6 is 0 Å². The lowest BCUT2D eigenvalue weighted by atomic mass is 9.94. The summed E-state index contributed by atoms with van der Waals surface area (Å²) in [6.45, 7) is 4.14. The summed E-state index contributed by atoms with van der Waals surface area (Å²) >= 11 is 0. The third kappa shape index (κ3) is 4.17. The summed E-state index contributed by atoms with van der Waals surface area (Å²) in [5.41, 5.74) is 3.80. The van der Waals surface area contributed by atoms with Crippen LogP contribution in [0, 0.1) is 0 Å². The molecule has 8 nitrogen and oxygen atoms in total. The minimum Gasteiger partial charge on any atom is -0.342 e. The molecule has 2 aliphatic rings. The Kier molecular flexibility index (Phi) is 5.74. The maximum atomic E-state index is 13.2. The molecule has 0 spiro atoms. The fourth-order valence-electron chi connectivity index (χ4n) is 4.99. The molecule has 0 unspecified atom stereocenters. The number of fused-ring (bicyclic) bond motifs is 2. The van der Waals surface area contributed by atoms with E-state index in [9.17, 15) is 14.4 Å². The molecule has 2 aliphatic heterocycles. The summed E-state index contributed by atoms with van der Waals surface area (Å²) in [5, 5.41) is 3.25. The first-order valence-electron chi connectivity index (χ1n) is 11.8. The van der Waals surface area contributed by atoms with E-state index in [1.165, 1.54) is 4.52 Å². The van der Waals surface area contributed by atoms with Crippen LogP contribution in [0.4, 0.5) is 0 Å². The Bertz CT molecular complexity index is 1250. The number of nitrogens with zero attached hydrogens (tertiary/aromatic N) is 4. The molecule has 2 amide bonds. The van der Waals surface area contributed by atoms with Gasteiger partial charge in [0.15, 0.2) is 5.65 Å². The topological polar surface area (TPSA) is 90.8 Å². The number of hydrogen-bond donors (Lipinski definition) is 1. The van der Waals surface area contributed by atoms with Crippen molar-refractivity contribution in [3.05, 3.63) is 69.3 Å². The number of H-pyrrole nitrogens is 1. The Balaban J connectivity index is 1.37. The van der Waals surface area contributed by atoms with E-state index in [1.54, 1.807) is 4.90 Å². The van der Waals surface area contributed by atoms with E-state index < -0.39 is 0 Å². The molecule has 4 heterocycles. The van der Waals surface area contributed by atoms with Gasteiger partial charge in [-0.3, -0.25) is 19.5 Å². The predicted octanol–water partition coefficient (Wildman–Crippen LogP) is 2.27. The quantitative estimate of drug-likeness (QED) is 0.664. The molecule has 172 valence electrons. The Morgan fingerprint density at radius 1 is 1.12 bits per heavy atom. The third-order valence-corrected chi connectivity index (χ3v) is 6.85. The molecule has 33 heavy (non-hydrogen) atoms. The summed E-state index contributed by atoms with van der Waals surface area (Å²) in [7, 11) is 0. The van der Waals surface area contributed by atoms with E-state index >= 15 is 0 Å². The molecule has 0 saturated carbocycles. The largest absolute Gasteiger partial charge is 0.342 e. The zero-order valence-corrected chi connectivity index (χ0v) is 18.9. The second kappa shape index (κ2) is 8.84. The summed E-state index contributed by atoms with van der Waals surface area (Å²) in [6.07, 6.45) is 3.31. The lowest BCUT2D eigenvalue weighted by Crippen LogP contribution is -2.40. The van der Waals surface area contributed by atoms with Crippen LogP contribution in [-0.2, 0) is 29.0 Å². The van der Waals surface area contributed by atoms with E-state index in [4.69, 9.17) is 4.98 Å². The molecule has 8 heteroatoms. The molecular formula is C25H29N5O3. The van der Waals surface area contributed by atoms with Crippen LogP contribution in [0.15, 0.2) is 41.2 Å². The molecule has 2 aromatic heterocycles. The van der Waals surface area contributed by atoms with Crippen molar-refractivity contribution in [3.8, 4) is 0 Å². The first-order valence-corrected chi connectivity index (χ1v) is 11.8. The van der Waals surface area contributed by atoms with E-state index in [0.29, 0.717) is 50.1 Å². The van der Waals surface area contributed by atoms with E-state index in [1.807, 2.05) is 48.2 Å². The molecule has 0 bridgehead atoms. The number of carbonyl (C=O) groups excluding carboxylic acids is 2. The van der Waals surface area contributed by atoms with Gasteiger partial charge in [0.2, 0.25) is 11.8 Å². The van der Waals surface area contributed by atoms with Gasteiger partial charge in [-0.05, 0) is 18.4 Å². The minimum atomic E-state index is -0.136. The van der Waals surface area contributed by atoms with Crippen LogP contribution in [0.5, 0.6) is 0 Å². The number of carbonyl (C=O) groups is 2. The zero-order valence-electron chi connectivity index (χ0n) is 18.9. The van der Waals surface area contributed by atoms with Crippen molar-refractivity contribution in [2.75, 3.05) is 19.6 Å². The minimum absolute atomic E-state index is 0.0554. The summed E-state index contributed by atoms with van der Waals surface area (Å²) in [5.74, 6) is 0.322. The Labute approximate surface area is 192 Å². The number of aromatic nitrogens is 3. The van der Waals surface area contributed by atoms with Crippen molar-refractivity contribution >= 4 is 17.5 Å². The fraction of sp³-hybridized carbons (Fsp3) is 0.440. The summed E-state index contributed by atoms with van der Waals surface area (Å²) < 4.78 is 1.50. The molecule has 0 radical (unpaired) electrons. The van der Waals surface area contributed by atoms with Crippen molar-refractivity contribution in [3.63, 3.8) is 0 Å². The van der Waals surface area contributed by atoms with Gasteiger partial charge < -0.3 is 9.80 Å². The van der Waals surface area contributed by atoms with Gasteiger partial charge in [0, 0.05) is 50.2 Å². The second-order valence-electron chi connectivity index (χ2n) is 9.01. The van der Waals surface area contributed by atoms with Crippen molar-refractivity contribution in [1.82, 2.24) is 24.4 Å². The highest BCUT2D eigenvalue weighted by atomic mass is 16.2. The predicted molar refractivity (Wildman–Crippen MR) is 124 cm³/mol. The zero-order chi connectivity index (χ0) is 22.9. The van der Waals surface area contributed by atoms with E-state index in [0.717, 1.165) is 36.3 Å². The standard InChI is InChI=1S/C25H29N5O3/c1-2-23(31)29-12-10-20-19(16-29)25(33)30-22(26-20)14-21(27-30)18-9-6-11-28(15-18)24(32)13-17-7-4-3-5-8-17/h3-5,7-8,14,18,27H,2,6,9-13,15-16H2,1H3/t18-/m1/s1. The van der Waals surface area contributed by atoms with Gasteiger partial charge in [0.05, 0.1) is 24.2 Å². The number of nitrogens with one attached hydrogen (secondary N) is 1. The normalized spacial score (nSPS) is 18.4. The summed E-state index contributed by atoms with van der Waals surface area (Å²) in [6, 6.07) is 11.8. The molecule has 5 rings (SSSR count). The summed E-state index contributed by atoms with van der Waals surface area (Å²) in [4.78, 5) is 46.6. The van der Waals surface area contributed by atoms with Gasteiger partial charge in [0.1, 0.15) is 0 Å². The molecule has 1 saturated heterocycles. The maximum Gasteiger partial charge on any atom is 0.277 e. The highest BCUT2D eigenvalue weighted by Gasteiger charge is 2.28. The Hall–Kier alpha value is -3.42. The fourth-order valence-corrected chi connectivity index (χ4v) is 4.99. The first kappa shape index (κ1) is 21.4. The van der Waals surface area contributed by atoms with Crippen LogP contribution < -0.4 is 5.56 Å². The van der Waals surface area contributed by atoms with Crippen LogP contribution in [-0.4, -0.2) is 55.8 Å². The Morgan fingerprint density at radius 2 is 1.94 bits per heavy atom. The van der Waals surface area contributed by atoms with Crippen molar-refractivity contribution in [2.45, 2.75) is 51.5 Å². The molecule has 0 aliphatic carbocycles. The van der Waals surface area contributed by atoms with Gasteiger partial charge in [-0.15, -0.1) is 0 Å². The van der Waals surface area contributed by atoms with Gasteiger partial charge in [-0.1, -0.05) is 37.3 Å². The van der Waals surface area contributed by atoms with Gasteiger partial charge >= 0.3 is 0 Å². The Morgan fingerprint density at radius 3 is 2.73 bits per heavy atom. The number of rotatable bonds is 4. The molecule has 1 fully saturated rings. The number of benzene rings is 1. The average molecular weight is 448 g/mol. The number of likely N-dealkylation sites (tertiary alicyclic amines) is 1. The molecule has 3 aromatic rings. The first-order chi connectivity index (χ1) is 16.0. The molecular weight excluding hydrogens is 418 g/mol. The van der Waals surface area contributed by atoms with Gasteiger partial charge in [0.25, 0.3) is 5.56 Å². The van der Waals surface area contributed by atoms with Gasteiger partial charge in [-0.25, -0.2) is 9.50 Å². The van der Waals surface area contributed by atoms with Crippen LogP contribution in [0.3, 0.4) is 0 Å². The van der Waals surface area contributed by atoms with E-state index in [2.05, 4.69) is 5.10 Å². The van der Waals surface area contributed by atoms with Gasteiger partial charge in [-0.2, -0.15) is 0 Å². The maximum absolute atomic E-state index is 13.2. The van der Waals surface area contributed by atoms with Crippen LogP contribution in [0.1, 0.15) is 54.6 Å². The average Bonchev–Trinajstić information content (AvgIpc) is 3.29. The van der Waals surface area contributed by atoms with Crippen LogP contribution in [0.2, 0.25) is 0 Å². The number of hydrogen-bond acceptors (Lipinski definition) is 4. The molecule has 1 atom stereocenters.